The van der Waals surface area contributed by atoms with Crippen LogP contribution in [0.3, 0.4) is 0 Å². The zero-order chi connectivity index (χ0) is 14.2. The van der Waals surface area contributed by atoms with Crippen LogP contribution in [0, 0.1) is 3.57 Å². The molecule has 0 radical (unpaired) electrons. The first-order valence-corrected chi connectivity index (χ1v) is 9.55. The fourth-order valence-electron chi connectivity index (χ4n) is 2.02. The number of hydrogen-bond donors (Lipinski definition) is 1. The molecule has 2 unspecified atom stereocenters. The van der Waals surface area contributed by atoms with Crippen LogP contribution in [0.5, 0.6) is 0 Å². The van der Waals surface area contributed by atoms with Crippen LogP contribution in [-0.4, -0.2) is 26.7 Å². The van der Waals surface area contributed by atoms with Crippen LogP contribution in [0.4, 0.5) is 5.82 Å². The Hall–Kier alpha value is 0.310. The molecule has 0 aromatic carbocycles. The number of nitrogens with zero attached hydrogens (tertiary/aromatic N) is 2. The molecule has 1 saturated heterocycles. The van der Waals surface area contributed by atoms with E-state index in [0.29, 0.717) is 16.3 Å². The molecule has 19 heavy (non-hydrogen) atoms. The molecule has 6 heteroatoms. The molecule has 2 rings (SSSR count). The molecule has 1 aromatic heterocycles. The van der Waals surface area contributed by atoms with Gasteiger partial charge in [0.2, 0.25) is 0 Å². The minimum Gasteiger partial charge on any atom is -0.383 e. The zero-order valence-corrected chi connectivity index (χ0v) is 15.5. The average Bonchev–Trinajstić information content (AvgIpc) is 2.31. The summed E-state index contributed by atoms with van der Waals surface area (Å²) in [4.78, 5) is 9.39. The van der Waals surface area contributed by atoms with Gasteiger partial charge in [0.1, 0.15) is 11.6 Å². The maximum atomic E-state index is 6.10. The molecule has 0 spiro atoms. The Bertz CT molecular complexity index is 474. The summed E-state index contributed by atoms with van der Waals surface area (Å²) in [6.07, 6.45) is 0. The summed E-state index contributed by atoms with van der Waals surface area (Å²) in [5, 5.41) is 0.908. The molecule has 106 valence electrons. The standard InChI is InChI=1S/C13H20IN3S2/c1-7-9(19-6-5-18-7)12-16-10(13(2,3)4)8(14)11(15)17-12/h7,9H,5-6H2,1-4H3,(H2,15,16,17). The van der Waals surface area contributed by atoms with Gasteiger partial charge >= 0.3 is 0 Å². The third kappa shape index (κ3) is 3.50. The van der Waals surface area contributed by atoms with Gasteiger partial charge in [-0.3, -0.25) is 0 Å². The van der Waals surface area contributed by atoms with Crippen molar-refractivity contribution in [3.8, 4) is 0 Å². The summed E-state index contributed by atoms with van der Waals surface area (Å²) >= 11 is 6.22. The van der Waals surface area contributed by atoms with Crippen LogP contribution in [0.15, 0.2) is 0 Å². The quantitative estimate of drug-likeness (QED) is 0.714. The fraction of sp³-hybridized carbons (Fsp3) is 0.692. The average molecular weight is 409 g/mol. The van der Waals surface area contributed by atoms with Gasteiger partial charge in [-0.25, -0.2) is 9.97 Å². The van der Waals surface area contributed by atoms with E-state index in [2.05, 4.69) is 55.3 Å². The Morgan fingerprint density at radius 3 is 2.42 bits per heavy atom. The Balaban J connectivity index is 2.44. The van der Waals surface area contributed by atoms with Crippen LogP contribution < -0.4 is 5.73 Å². The van der Waals surface area contributed by atoms with E-state index >= 15 is 0 Å². The first-order chi connectivity index (χ1) is 8.80. The van der Waals surface area contributed by atoms with Crippen LogP contribution in [0.2, 0.25) is 0 Å². The number of aromatic nitrogens is 2. The predicted octanol–water partition coefficient (Wildman–Crippen LogP) is 3.87. The van der Waals surface area contributed by atoms with Gasteiger partial charge in [-0.15, -0.1) is 11.8 Å². The Kier molecular flexibility index (Phi) is 4.93. The SMILES string of the molecule is CC1SCCSC1c1nc(N)c(I)c(C(C)(C)C)n1. The van der Waals surface area contributed by atoms with Crippen molar-refractivity contribution in [1.29, 1.82) is 0 Å². The lowest BCUT2D eigenvalue weighted by molar-refractivity contribution is 0.557. The second-order valence-corrected chi connectivity index (χ2v) is 9.56. The molecule has 1 fully saturated rings. The van der Waals surface area contributed by atoms with E-state index in [1.54, 1.807) is 0 Å². The maximum absolute atomic E-state index is 6.10. The highest BCUT2D eigenvalue weighted by Crippen LogP contribution is 2.42. The summed E-state index contributed by atoms with van der Waals surface area (Å²) < 4.78 is 0.995. The Labute approximate surface area is 137 Å². The number of halogens is 1. The van der Waals surface area contributed by atoms with E-state index in [-0.39, 0.29) is 5.41 Å². The van der Waals surface area contributed by atoms with E-state index in [1.165, 1.54) is 11.5 Å². The van der Waals surface area contributed by atoms with E-state index < -0.39 is 0 Å². The van der Waals surface area contributed by atoms with Crippen molar-refractivity contribution < 1.29 is 0 Å². The maximum Gasteiger partial charge on any atom is 0.145 e. The highest BCUT2D eigenvalue weighted by molar-refractivity contribution is 14.1. The second kappa shape index (κ2) is 5.97. The highest BCUT2D eigenvalue weighted by atomic mass is 127. The number of hydrogen-bond acceptors (Lipinski definition) is 5. The van der Waals surface area contributed by atoms with Gasteiger partial charge in [-0.1, -0.05) is 27.7 Å². The molecular weight excluding hydrogens is 389 g/mol. The zero-order valence-electron chi connectivity index (χ0n) is 11.7. The molecule has 0 amide bonds. The predicted molar refractivity (Wildman–Crippen MR) is 95.0 cm³/mol. The van der Waals surface area contributed by atoms with Crippen molar-refractivity contribution >= 4 is 51.9 Å². The summed E-state index contributed by atoms with van der Waals surface area (Å²) in [5.41, 5.74) is 7.16. The minimum absolute atomic E-state index is 0.00194. The third-order valence-electron chi connectivity index (χ3n) is 3.05. The fourth-order valence-corrected chi connectivity index (χ4v) is 5.76. The second-order valence-electron chi connectivity index (χ2n) is 5.75. The van der Waals surface area contributed by atoms with E-state index in [9.17, 15) is 0 Å². The lowest BCUT2D eigenvalue weighted by Crippen LogP contribution is -2.23. The van der Waals surface area contributed by atoms with Gasteiger partial charge < -0.3 is 5.73 Å². The van der Waals surface area contributed by atoms with Crippen molar-refractivity contribution in [3.05, 3.63) is 15.1 Å². The molecule has 1 aliphatic rings. The summed E-state index contributed by atoms with van der Waals surface area (Å²) in [5.74, 6) is 3.92. The molecule has 0 saturated carbocycles. The molecule has 2 N–H and O–H groups in total. The molecule has 2 atom stereocenters. The van der Waals surface area contributed by atoms with Gasteiger partial charge in [0.05, 0.1) is 14.5 Å². The van der Waals surface area contributed by atoms with Crippen molar-refractivity contribution in [2.45, 2.75) is 43.6 Å². The first kappa shape index (κ1) is 15.7. The van der Waals surface area contributed by atoms with E-state index in [1.807, 2.05) is 23.5 Å². The normalized spacial score (nSPS) is 24.5. The highest BCUT2D eigenvalue weighted by Gasteiger charge is 2.30. The lowest BCUT2D eigenvalue weighted by Gasteiger charge is -2.28. The molecule has 1 aromatic rings. The van der Waals surface area contributed by atoms with Crippen LogP contribution in [0.1, 0.15) is 44.5 Å². The third-order valence-corrected chi connectivity index (χ3v) is 7.20. The molecule has 1 aliphatic heterocycles. The van der Waals surface area contributed by atoms with Crippen molar-refractivity contribution in [3.63, 3.8) is 0 Å². The van der Waals surface area contributed by atoms with Crippen LogP contribution in [-0.2, 0) is 5.41 Å². The molecular formula is C13H20IN3S2. The van der Waals surface area contributed by atoms with Gasteiger partial charge in [0.25, 0.3) is 0 Å². The number of anilines is 1. The van der Waals surface area contributed by atoms with Gasteiger partial charge in [-0.05, 0) is 22.6 Å². The van der Waals surface area contributed by atoms with Crippen LogP contribution in [0.25, 0.3) is 0 Å². The molecule has 3 nitrogen and oxygen atoms in total. The van der Waals surface area contributed by atoms with Crippen LogP contribution >= 0.6 is 46.1 Å². The Morgan fingerprint density at radius 2 is 1.84 bits per heavy atom. The number of nitrogen functional groups attached to an aromatic ring is 1. The first-order valence-electron chi connectivity index (χ1n) is 6.37. The minimum atomic E-state index is -0.00194. The number of thioether (sulfide) groups is 2. The van der Waals surface area contributed by atoms with Crippen molar-refractivity contribution in [2.24, 2.45) is 0 Å². The summed E-state index contributed by atoms with van der Waals surface area (Å²) in [6, 6.07) is 0. The van der Waals surface area contributed by atoms with Gasteiger partial charge in [0, 0.05) is 22.2 Å². The topological polar surface area (TPSA) is 51.8 Å². The number of nitrogens with two attached hydrogens (primary N) is 1. The van der Waals surface area contributed by atoms with E-state index in [4.69, 9.17) is 10.7 Å². The lowest BCUT2D eigenvalue weighted by atomic mass is 9.92. The van der Waals surface area contributed by atoms with Gasteiger partial charge in [0.15, 0.2) is 0 Å². The molecule has 0 aliphatic carbocycles. The Morgan fingerprint density at radius 1 is 1.21 bits per heavy atom. The molecule has 0 bridgehead atoms. The van der Waals surface area contributed by atoms with E-state index in [0.717, 1.165) is 15.1 Å². The smallest absolute Gasteiger partial charge is 0.145 e. The van der Waals surface area contributed by atoms with Crippen molar-refractivity contribution in [2.75, 3.05) is 17.2 Å². The number of rotatable bonds is 1. The molecule has 2 heterocycles. The monoisotopic (exact) mass is 409 g/mol. The summed E-state index contributed by atoms with van der Waals surface area (Å²) in [6.45, 7) is 8.78. The van der Waals surface area contributed by atoms with Gasteiger partial charge in [-0.2, -0.15) is 11.8 Å². The summed E-state index contributed by atoms with van der Waals surface area (Å²) in [7, 11) is 0. The van der Waals surface area contributed by atoms with Crippen molar-refractivity contribution in [1.82, 2.24) is 9.97 Å². The largest absolute Gasteiger partial charge is 0.383 e.